The van der Waals surface area contributed by atoms with Crippen LogP contribution in [0.15, 0.2) is 29.3 Å². The van der Waals surface area contributed by atoms with Crippen LogP contribution in [0.25, 0.3) is 0 Å². The molecule has 0 radical (unpaired) electrons. The number of nitrogens with one attached hydrogen (secondary N) is 1. The Kier molecular flexibility index (Phi) is 7.89. The van der Waals surface area contributed by atoms with Gasteiger partial charge in [-0.3, -0.25) is 0 Å². The minimum Gasteiger partial charge on any atom is -0.494 e. The van der Waals surface area contributed by atoms with E-state index in [1.165, 1.54) is 12.8 Å². The highest BCUT2D eigenvalue weighted by atomic mass is 16.5. The second-order valence-electron chi connectivity index (χ2n) is 6.52. The van der Waals surface area contributed by atoms with Gasteiger partial charge in [-0.15, -0.1) is 0 Å². The van der Waals surface area contributed by atoms with Gasteiger partial charge in [0.25, 0.3) is 0 Å². The zero-order valence-electron chi connectivity index (χ0n) is 15.1. The Morgan fingerprint density at radius 2 is 2.00 bits per heavy atom. The molecule has 24 heavy (non-hydrogen) atoms. The van der Waals surface area contributed by atoms with E-state index >= 15 is 0 Å². The van der Waals surface area contributed by atoms with Gasteiger partial charge in [0, 0.05) is 19.6 Å². The predicted octanol–water partition coefficient (Wildman–Crippen LogP) is 3.13. The summed E-state index contributed by atoms with van der Waals surface area (Å²) in [5, 5.41) is 3.47. The van der Waals surface area contributed by atoms with Gasteiger partial charge in [-0.2, -0.15) is 0 Å². The number of ether oxygens (including phenoxy) is 1. The lowest BCUT2D eigenvalue weighted by Crippen LogP contribution is -2.45. The minimum absolute atomic E-state index is 0.695. The molecule has 1 fully saturated rings. The zero-order valence-corrected chi connectivity index (χ0v) is 15.1. The molecule has 0 atom stereocenters. The van der Waals surface area contributed by atoms with E-state index < -0.39 is 0 Å². The molecule has 5 nitrogen and oxygen atoms in total. The van der Waals surface area contributed by atoms with Crippen LogP contribution in [0.5, 0.6) is 5.75 Å². The van der Waals surface area contributed by atoms with Gasteiger partial charge in [-0.05, 0) is 62.4 Å². The van der Waals surface area contributed by atoms with Crippen molar-refractivity contribution in [1.82, 2.24) is 10.2 Å². The van der Waals surface area contributed by atoms with E-state index in [0.29, 0.717) is 6.54 Å². The van der Waals surface area contributed by atoms with Crippen LogP contribution in [-0.2, 0) is 0 Å². The molecule has 1 heterocycles. The van der Waals surface area contributed by atoms with E-state index in [4.69, 9.17) is 15.5 Å². The Balaban J connectivity index is 2.05. The molecule has 2 rings (SSSR count). The molecule has 1 aliphatic heterocycles. The van der Waals surface area contributed by atoms with Gasteiger partial charge < -0.3 is 20.7 Å². The Morgan fingerprint density at radius 1 is 1.29 bits per heavy atom. The predicted molar refractivity (Wildman–Crippen MR) is 101 cm³/mol. The average Bonchev–Trinajstić information content (AvgIpc) is 2.61. The third kappa shape index (κ3) is 6.04. The molecule has 0 aromatic heterocycles. The van der Waals surface area contributed by atoms with Crippen LogP contribution in [0.2, 0.25) is 0 Å². The number of rotatable bonds is 7. The molecule has 0 aliphatic carbocycles. The van der Waals surface area contributed by atoms with Crippen molar-refractivity contribution >= 4 is 11.6 Å². The van der Waals surface area contributed by atoms with Crippen LogP contribution in [0, 0.1) is 5.92 Å². The first kappa shape index (κ1) is 18.6. The van der Waals surface area contributed by atoms with Gasteiger partial charge in [0.1, 0.15) is 5.75 Å². The Labute approximate surface area is 146 Å². The molecule has 1 saturated heterocycles. The Hall–Kier alpha value is -1.75. The number of nitrogens with two attached hydrogens (primary N) is 1. The van der Waals surface area contributed by atoms with E-state index in [9.17, 15) is 0 Å². The molecule has 134 valence electrons. The van der Waals surface area contributed by atoms with Gasteiger partial charge in [-0.25, -0.2) is 4.99 Å². The summed E-state index contributed by atoms with van der Waals surface area (Å²) < 4.78 is 5.63. The first-order valence-corrected chi connectivity index (χ1v) is 9.23. The molecule has 0 amide bonds. The SMILES string of the molecule is CCCOc1ccc(/N=C(\NCCCN)N2CCC(C)CC2)cc1. The number of guanidine groups is 1. The lowest BCUT2D eigenvalue weighted by atomic mass is 9.99. The lowest BCUT2D eigenvalue weighted by Gasteiger charge is -2.33. The smallest absolute Gasteiger partial charge is 0.199 e. The standard InChI is InChI=1S/C19H32N4O/c1-3-15-24-18-7-5-17(6-8-18)22-19(21-12-4-11-20)23-13-9-16(2)10-14-23/h5-8,16H,3-4,9-15,20H2,1-2H3,(H,21,22). The zero-order chi connectivity index (χ0) is 17.2. The highest BCUT2D eigenvalue weighted by Gasteiger charge is 2.18. The third-order valence-electron chi connectivity index (χ3n) is 4.29. The summed E-state index contributed by atoms with van der Waals surface area (Å²) in [6, 6.07) is 8.01. The van der Waals surface area contributed by atoms with Crippen LogP contribution < -0.4 is 15.8 Å². The molecule has 0 bridgehead atoms. The third-order valence-corrected chi connectivity index (χ3v) is 4.29. The number of nitrogens with zero attached hydrogens (tertiary/aromatic N) is 2. The molecule has 1 aromatic rings. The van der Waals surface area contributed by atoms with Crippen molar-refractivity contribution in [3.8, 4) is 5.75 Å². The fraction of sp³-hybridized carbons (Fsp3) is 0.632. The van der Waals surface area contributed by atoms with Crippen LogP contribution >= 0.6 is 0 Å². The maximum absolute atomic E-state index is 5.63. The summed E-state index contributed by atoms with van der Waals surface area (Å²) in [6.07, 6.45) is 4.42. The molecular formula is C19H32N4O. The molecule has 0 saturated carbocycles. The van der Waals surface area contributed by atoms with E-state index in [1.807, 2.05) is 24.3 Å². The molecule has 3 N–H and O–H groups in total. The van der Waals surface area contributed by atoms with Crippen LogP contribution in [0.1, 0.15) is 39.5 Å². The van der Waals surface area contributed by atoms with E-state index in [-0.39, 0.29) is 0 Å². The van der Waals surface area contributed by atoms with Crippen LogP contribution in [0.4, 0.5) is 5.69 Å². The van der Waals surface area contributed by atoms with Gasteiger partial charge in [-0.1, -0.05) is 13.8 Å². The first-order valence-electron chi connectivity index (χ1n) is 9.23. The Morgan fingerprint density at radius 3 is 2.62 bits per heavy atom. The molecule has 1 aromatic carbocycles. The van der Waals surface area contributed by atoms with Crippen molar-refractivity contribution in [3.05, 3.63) is 24.3 Å². The maximum Gasteiger partial charge on any atom is 0.199 e. The monoisotopic (exact) mass is 332 g/mol. The summed E-state index contributed by atoms with van der Waals surface area (Å²) in [4.78, 5) is 7.19. The summed E-state index contributed by atoms with van der Waals surface area (Å²) >= 11 is 0. The summed E-state index contributed by atoms with van der Waals surface area (Å²) in [7, 11) is 0. The molecule has 5 heteroatoms. The van der Waals surface area contributed by atoms with Crippen LogP contribution in [-0.4, -0.2) is 43.6 Å². The normalized spacial score (nSPS) is 16.3. The van der Waals surface area contributed by atoms with E-state index in [1.54, 1.807) is 0 Å². The van der Waals surface area contributed by atoms with Gasteiger partial charge in [0.05, 0.1) is 12.3 Å². The fourth-order valence-electron chi connectivity index (χ4n) is 2.70. The van der Waals surface area contributed by atoms with Crippen molar-refractivity contribution < 1.29 is 4.74 Å². The quantitative estimate of drug-likeness (QED) is 0.457. The van der Waals surface area contributed by atoms with Crippen molar-refractivity contribution in [1.29, 1.82) is 0 Å². The van der Waals surface area contributed by atoms with Crippen molar-refractivity contribution in [2.45, 2.75) is 39.5 Å². The van der Waals surface area contributed by atoms with Crippen LogP contribution in [0.3, 0.4) is 0 Å². The number of benzene rings is 1. The molecule has 0 unspecified atom stereocenters. The van der Waals surface area contributed by atoms with E-state index in [0.717, 1.165) is 62.4 Å². The number of likely N-dealkylation sites (tertiary alicyclic amines) is 1. The second kappa shape index (κ2) is 10.2. The van der Waals surface area contributed by atoms with Gasteiger partial charge in [0.15, 0.2) is 5.96 Å². The topological polar surface area (TPSA) is 62.9 Å². The minimum atomic E-state index is 0.695. The Bertz CT molecular complexity index is 493. The first-order chi connectivity index (χ1) is 11.7. The van der Waals surface area contributed by atoms with Crippen molar-refractivity contribution in [3.63, 3.8) is 0 Å². The second-order valence-corrected chi connectivity index (χ2v) is 6.52. The average molecular weight is 332 g/mol. The van der Waals surface area contributed by atoms with Gasteiger partial charge in [0.2, 0.25) is 0 Å². The largest absolute Gasteiger partial charge is 0.494 e. The lowest BCUT2D eigenvalue weighted by molar-refractivity contribution is 0.274. The number of hydrogen-bond donors (Lipinski definition) is 2. The van der Waals surface area contributed by atoms with Crippen molar-refractivity contribution in [2.75, 3.05) is 32.8 Å². The summed E-state index contributed by atoms with van der Waals surface area (Å²) in [5.41, 5.74) is 6.56. The summed E-state index contributed by atoms with van der Waals surface area (Å²) in [6.45, 7) is 8.86. The van der Waals surface area contributed by atoms with E-state index in [2.05, 4.69) is 24.1 Å². The van der Waals surface area contributed by atoms with Gasteiger partial charge >= 0.3 is 0 Å². The number of hydrogen-bond acceptors (Lipinski definition) is 3. The van der Waals surface area contributed by atoms with Crippen molar-refractivity contribution in [2.24, 2.45) is 16.6 Å². The molecular weight excluding hydrogens is 300 g/mol. The molecule has 0 spiro atoms. The highest BCUT2D eigenvalue weighted by molar-refractivity contribution is 5.82. The number of aliphatic imine (C=N–C) groups is 1. The fourth-order valence-corrected chi connectivity index (χ4v) is 2.70. The highest BCUT2D eigenvalue weighted by Crippen LogP contribution is 2.20. The summed E-state index contributed by atoms with van der Waals surface area (Å²) in [5.74, 6) is 2.68. The molecule has 1 aliphatic rings. The number of piperidine rings is 1. The maximum atomic E-state index is 5.63.